The number of rotatable bonds is 4. The quantitative estimate of drug-likeness (QED) is 0.760. The zero-order valence-corrected chi connectivity index (χ0v) is 10.5. The second kappa shape index (κ2) is 5.05. The van der Waals surface area contributed by atoms with E-state index in [-0.39, 0.29) is 5.56 Å². The molecule has 1 aromatic carbocycles. The number of hydrogen-bond acceptors (Lipinski definition) is 4. The Balaban J connectivity index is 1.99. The van der Waals surface area contributed by atoms with Crippen molar-refractivity contribution in [2.24, 2.45) is 0 Å². The third-order valence-corrected chi connectivity index (χ3v) is 3.05. The van der Waals surface area contributed by atoms with Crippen LogP contribution in [0.25, 0.3) is 10.8 Å². The lowest BCUT2D eigenvalue weighted by Gasteiger charge is -2.09. The van der Waals surface area contributed by atoms with Gasteiger partial charge in [0.2, 0.25) is 0 Å². The molecule has 3 aromatic rings. The largest absolute Gasteiger partial charge is 0.478 e. The fourth-order valence-corrected chi connectivity index (χ4v) is 2.12. The lowest BCUT2D eigenvalue weighted by atomic mass is 10.1. The van der Waals surface area contributed by atoms with Crippen LogP contribution in [0.3, 0.4) is 0 Å². The molecule has 0 spiro atoms. The summed E-state index contributed by atoms with van der Waals surface area (Å²) in [4.78, 5) is 15.5. The molecule has 3 rings (SSSR count). The first kappa shape index (κ1) is 12.2. The zero-order valence-electron chi connectivity index (χ0n) is 10.5. The molecular formula is C15H12N2O3. The molecule has 5 nitrogen and oxygen atoms in total. The molecule has 2 aromatic heterocycles. The van der Waals surface area contributed by atoms with Gasteiger partial charge < -0.3 is 14.8 Å². The molecule has 0 bridgehead atoms. The van der Waals surface area contributed by atoms with E-state index in [4.69, 9.17) is 4.42 Å². The molecule has 0 fully saturated rings. The smallest absolute Gasteiger partial charge is 0.336 e. The van der Waals surface area contributed by atoms with Crippen molar-refractivity contribution in [1.82, 2.24) is 4.98 Å². The van der Waals surface area contributed by atoms with E-state index in [1.165, 1.54) is 0 Å². The summed E-state index contributed by atoms with van der Waals surface area (Å²) in [6.07, 6.45) is 3.20. The SMILES string of the molecule is O=C(O)c1cccc2c(NCc3ccco3)nccc12. The highest BCUT2D eigenvalue weighted by Crippen LogP contribution is 2.24. The van der Waals surface area contributed by atoms with Crippen LogP contribution in [0, 0.1) is 0 Å². The Labute approximate surface area is 114 Å². The molecule has 0 aliphatic rings. The van der Waals surface area contributed by atoms with Gasteiger partial charge in [0.05, 0.1) is 18.4 Å². The number of carboxylic acid groups (broad SMARTS) is 1. The summed E-state index contributed by atoms with van der Waals surface area (Å²) in [6, 6.07) is 10.5. The van der Waals surface area contributed by atoms with E-state index in [1.54, 1.807) is 30.7 Å². The molecule has 20 heavy (non-hydrogen) atoms. The van der Waals surface area contributed by atoms with Crippen molar-refractivity contribution in [1.29, 1.82) is 0 Å². The Kier molecular flexibility index (Phi) is 3.09. The maximum atomic E-state index is 11.2. The Morgan fingerprint density at radius 1 is 1.20 bits per heavy atom. The van der Waals surface area contributed by atoms with Crippen LogP contribution in [0.1, 0.15) is 16.1 Å². The molecule has 2 heterocycles. The van der Waals surface area contributed by atoms with E-state index in [2.05, 4.69) is 10.3 Å². The van der Waals surface area contributed by atoms with Gasteiger partial charge in [-0.2, -0.15) is 0 Å². The van der Waals surface area contributed by atoms with Gasteiger partial charge in [-0.15, -0.1) is 0 Å². The van der Waals surface area contributed by atoms with Gasteiger partial charge in [-0.25, -0.2) is 9.78 Å². The van der Waals surface area contributed by atoms with Crippen LogP contribution in [0.2, 0.25) is 0 Å². The summed E-state index contributed by atoms with van der Waals surface area (Å²) >= 11 is 0. The standard InChI is InChI=1S/C15H12N2O3/c18-15(19)13-5-1-4-12-11(13)6-7-16-14(12)17-9-10-3-2-8-20-10/h1-8H,9H2,(H,16,17)(H,18,19). The number of furan rings is 1. The molecule has 0 aliphatic carbocycles. The van der Waals surface area contributed by atoms with Gasteiger partial charge in [0.25, 0.3) is 0 Å². The molecule has 100 valence electrons. The molecule has 0 atom stereocenters. The first-order chi connectivity index (χ1) is 9.75. The van der Waals surface area contributed by atoms with Crippen molar-refractivity contribution in [2.75, 3.05) is 5.32 Å². The highest BCUT2D eigenvalue weighted by atomic mass is 16.4. The number of carbonyl (C=O) groups is 1. The number of benzene rings is 1. The van der Waals surface area contributed by atoms with Crippen LogP contribution in [-0.4, -0.2) is 16.1 Å². The summed E-state index contributed by atoms with van der Waals surface area (Å²) < 4.78 is 5.24. The number of nitrogens with zero attached hydrogens (tertiary/aromatic N) is 1. The van der Waals surface area contributed by atoms with Crippen molar-refractivity contribution in [3.8, 4) is 0 Å². The van der Waals surface area contributed by atoms with E-state index in [0.29, 0.717) is 17.7 Å². The van der Waals surface area contributed by atoms with Crippen molar-refractivity contribution in [3.63, 3.8) is 0 Å². The van der Waals surface area contributed by atoms with Gasteiger partial charge in [0.15, 0.2) is 0 Å². The fourth-order valence-electron chi connectivity index (χ4n) is 2.12. The predicted octanol–water partition coefficient (Wildman–Crippen LogP) is 3.14. The third kappa shape index (κ3) is 2.21. The van der Waals surface area contributed by atoms with Crippen molar-refractivity contribution in [3.05, 3.63) is 60.2 Å². The Bertz CT molecular complexity index is 751. The molecular weight excluding hydrogens is 256 g/mol. The van der Waals surface area contributed by atoms with Gasteiger partial charge in [0.1, 0.15) is 11.6 Å². The lowest BCUT2D eigenvalue weighted by Crippen LogP contribution is -2.03. The first-order valence-corrected chi connectivity index (χ1v) is 6.13. The molecule has 0 saturated carbocycles. The minimum absolute atomic E-state index is 0.269. The van der Waals surface area contributed by atoms with E-state index in [1.807, 2.05) is 18.2 Å². The number of aromatic nitrogens is 1. The van der Waals surface area contributed by atoms with E-state index >= 15 is 0 Å². The zero-order chi connectivity index (χ0) is 13.9. The van der Waals surface area contributed by atoms with Gasteiger partial charge in [0, 0.05) is 17.0 Å². The number of pyridine rings is 1. The fraction of sp³-hybridized carbons (Fsp3) is 0.0667. The second-order valence-corrected chi connectivity index (χ2v) is 4.30. The maximum Gasteiger partial charge on any atom is 0.336 e. The number of aromatic carboxylic acids is 1. The normalized spacial score (nSPS) is 10.6. The predicted molar refractivity (Wildman–Crippen MR) is 74.7 cm³/mol. The molecule has 0 saturated heterocycles. The minimum Gasteiger partial charge on any atom is -0.478 e. The molecule has 0 unspecified atom stereocenters. The molecule has 0 radical (unpaired) electrons. The van der Waals surface area contributed by atoms with Crippen LogP contribution in [-0.2, 0) is 6.54 Å². The van der Waals surface area contributed by atoms with Crippen LogP contribution in [0.15, 0.2) is 53.3 Å². The Hall–Kier alpha value is -2.82. The van der Waals surface area contributed by atoms with Crippen LogP contribution in [0.4, 0.5) is 5.82 Å². The molecule has 0 amide bonds. The lowest BCUT2D eigenvalue weighted by molar-refractivity contribution is 0.0699. The summed E-state index contributed by atoms with van der Waals surface area (Å²) in [6.45, 7) is 0.496. The summed E-state index contributed by atoms with van der Waals surface area (Å²) in [5.41, 5.74) is 0.269. The second-order valence-electron chi connectivity index (χ2n) is 4.30. The summed E-state index contributed by atoms with van der Waals surface area (Å²) in [5, 5.41) is 13.8. The minimum atomic E-state index is -0.946. The van der Waals surface area contributed by atoms with Crippen LogP contribution in [0.5, 0.6) is 0 Å². The van der Waals surface area contributed by atoms with Crippen LogP contribution < -0.4 is 5.32 Å². The van der Waals surface area contributed by atoms with E-state index in [0.717, 1.165) is 11.1 Å². The van der Waals surface area contributed by atoms with Crippen LogP contribution >= 0.6 is 0 Å². The number of fused-ring (bicyclic) bond motifs is 1. The van der Waals surface area contributed by atoms with Crippen molar-refractivity contribution in [2.45, 2.75) is 6.54 Å². The van der Waals surface area contributed by atoms with Crippen molar-refractivity contribution < 1.29 is 14.3 Å². The summed E-state index contributed by atoms with van der Waals surface area (Å²) in [5.74, 6) is 0.485. The van der Waals surface area contributed by atoms with E-state index in [9.17, 15) is 9.90 Å². The van der Waals surface area contributed by atoms with Gasteiger partial charge in [-0.1, -0.05) is 12.1 Å². The topological polar surface area (TPSA) is 75.4 Å². The number of carboxylic acids is 1. The monoisotopic (exact) mass is 268 g/mol. The highest BCUT2D eigenvalue weighted by Gasteiger charge is 2.10. The number of hydrogen-bond donors (Lipinski definition) is 2. The molecule has 0 aliphatic heterocycles. The Morgan fingerprint density at radius 3 is 2.85 bits per heavy atom. The average Bonchev–Trinajstić information content (AvgIpc) is 2.97. The van der Waals surface area contributed by atoms with Gasteiger partial charge >= 0.3 is 5.97 Å². The average molecular weight is 268 g/mol. The molecule has 2 N–H and O–H groups in total. The third-order valence-electron chi connectivity index (χ3n) is 3.05. The highest BCUT2D eigenvalue weighted by molar-refractivity contribution is 6.06. The van der Waals surface area contributed by atoms with Gasteiger partial charge in [-0.05, 0) is 24.3 Å². The first-order valence-electron chi connectivity index (χ1n) is 6.13. The molecule has 5 heteroatoms. The van der Waals surface area contributed by atoms with E-state index < -0.39 is 5.97 Å². The Morgan fingerprint density at radius 2 is 2.10 bits per heavy atom. The maximum absolute atomic E-state index is 11.2. The number of anilines is 1. The number of nitrogens with one attached hydrogen (secondary N) is 1. The van der Waals surface area contributed by atoms with Gasteiger partial charge in [-0.3, -0.25) is 0 Å². The van der Waals surface area contributed by atoms with Crippen molar-refractivity contribution >= 4 is 22.6 Å². The summed E-state index contributed by atoms with van der Waals surface area (Å²) in [7, 11) is 0.